The maximum absolute atomic E-state index is 12.6. The van der Waals surface area contributed by atoms with E-state index in [-0.39, 0.29) is 17.9 Å². The normalized spacial score (nSPS) is 11.9. The number of primary amides is 1. The fourth-order valence-corrected chi connectivity index (χ4v) is 4.06. The summed E-state index contributed by atoms with van der Waals surface area (Å²) in [6.45, 7) is 0. The predicted octanol–water partition coefficient (Wildman–Crippen LogP) is 3.63. The van der Waals surface area contributed by atoms with Crippen molar-refractivity contribution in [2.24, 2.45) is 5.73 Å². The molecule has 0 spiro atoms. The summed E-state index contributed by atoms with van der Waals surface area (Å²) in [4.78, 5) is 36.0. The number of hydrogen-bond acceptors (Lipinski definition) is 6. The first-order valence-corrected chi connectivity index (χ1v) is 11.6. The molecule has 9 nitrogen and oxygen atoms in total. The Labute approximate surface area is 195 Å². The van der Waals surface area contributed by atoms with Crippen molar-refractivity contribution in [2.75, 3.05) is 0 Å². The molecule has 1 atom stereocenters. The number of hydrogen-bond donors (Lipinski definition) is 3. The minimum atomic E-state index is -0.292. The van der Waals surface area contributed by atoms with Crippen molar-refractivity contribution in [2.45, 2.75) is 38.1 Å². The van der Waals surface area contributed by atoms with E-state index < -0.39 is 0 Å². The van der Waals surface area contributed by atoms with Gasteiger partial charge in [-0.2, -0.15) is 5.10 Å². The number of imidazole rings is 1. The molecular formula is C23H25N7O2S. The van der Waals surface area contributed by atoms with Crippen LogP contribution in [0.4, 0.5) is 0 Å². The molecule has 0 unspecified atom stereocenters. The highest BCUT2D eigenvalue weighted by molar-refractivity contribution is 7.11. The average molecular weight is 464 g/mol. The molecule has 2 amide bonds. The van der Waals surface area contributed by atoms with Crippen LogP contribution in [0.2, 0.25) is 0 Å². The third-order valence-electron chi connectivity index (χ3n) is 5.25. The number of amides is 2. The van der Waals surface area contributed by atoms with Crippen molar-refractivity contribution in [1.82, 2.24) is 30.0 Å². The molecule has 3 aromatic heterocycles. The zero-order valence-electron chi connectivity index (χ0n) is 18.0. The Bertz CT molecular complexity index is 1170. The van der Waals surface area contributed by atoms with Crippen LogP contribution < -0.4 is 11.1 Å². The maximum atomic E-state index is 12.6. The van der Waals surface area contributed by atoms with Crippen LogP contribution in [0.1, 0.15) is 53.6 Å². The van der Waals surface area contributed by atoms with Crippen LogP contribution in [-0.2, 0) is 4.79 Å². The molecule has 4 rings (SSSR count). The Hall–Kier alpha value is -3.79. The number of unbranched alkanes of at least 4 members (excludes halogenated alkanes) is 2. The Balaban J connectivity index is 1.46. The number of thiazole rings is 1. The molecule has 0 saturated carbocycles. The summed E-state index contributed by atoms with van der Waals surface area (Å²) in [6.07, 6.45) is 10.4. The van der Waals surface area contributed by atoms with Crippen molar-refractivity contribution in [1.29, 1.82) is 0 Å². The van der Waals surface area contributed by atoms with Gasteiger partial charge < -0.3 is 16.0 Å². The molecule has 0 saturated heterocycles. The Kier molecular flexibility index (Phi) is 7.26. The number of carbonyl (C=O) groups excluding carboxylic acids is 2. The Morgan fingerprint density at radius 1 is 1.15 bits per heavy atom. The molecule has 4 aromatic rings. The van der Waals surface area contributed by atoms with Crippen molar-refractivity contribution >= 4 is 23.2 Å². The van der Waals surface area contributed by atoms with E-state index in [1.54, 1.807) is 28.8 Å². The third kappa shape index (κ3) is 5.92. The highest BCUT2D eigenvalue weighted by atomic mass is 32.1. The molecule has 170 valence electrons. The van der Waals surface area contributed by atoms with Gasteiger partial charge >= 0.3 is 0 Å². The molecule has 0 aliphatic carbocycles. The summed E-state index contributed by atoms with van der Waals surface area (Å²) >= 11 is 1.29. The topological polar surface area (TPSA) is 132 Å². The quantitative estimate of drug-likeness (QED) is 0.292. The molecule has 0 bridgehead atoms. The molecule has 0 fully saturated rings. The van der Waals surface area contributed by atoms with Crippen LogP contribution in [0.25, 0.3) is 16.9 Å². The summed E-state index contributed by atoms with van der Waals surface area (Å²) in [5.41, 5.74) is 9.67. The molecule has 4 N–H and O–H groups in total. The number of aromatic amines is 1. The van der Waals surface area contributed by atoms with E-state index in [0.717, 1.165) is 36.2 Å². The van der Waals surface area contributed by atoms with Crippen molar-refractivity contribution in [3.63, 3.8) is 0 Å². The zero-order valence-corrected chi connectivity index (χ0v) is 18.8. The lowest BCUT2D eigenvalue weighted by atomic mass is 10.1. The third-order valence-corrected chi connectivity index (χ3v) is 6.02. The predicted molar refractivity (Wildman–Crippen MR) is 126 cm³/mol. The fourth-order valence-electron chi connectivity index (χ4n) is 3.53. The van der Waals surface area contributed by atoms with Gasteiger partial charge in [-0.3, -0.25) is 14.6 Å². The van der Waals surface area contributed by atoms with E-state index in [0.29, 0.717) is 23.5 Å². The van der Waals surface area contributed by atoms with E-state index >= 15 is 0 Å². The molecular weight excluding hydrogens is 438 g/mol. The Morgan fingerprint density at radius 2 is 2.00 bits per heavy atom. The van der Waals surface area contributed by atoms with Gasteiger partial charge in [-0.25, -0.2) is 9.67 Å². The highest BCUT2D eigenvalue weighted by Crippen LogP contribution is 2.24. The summed E-state index contributed by atoms with van der Waals surface area (Å²) in [5.74, 6) is 0.217. The van der Waals surface area contributed by atoms with E-state index in [1.165, 1.54) is 11.3 Å². The second-order valence-corrected chi connectivity index (χ2v) is 8.52. The molecule has 10 heteroatoms. The highest BCUT2D eigenvalue weighted by Gasteiger charge is 2.20. The van der Waals surface area contributed by atoms with E-state index in [9.17, 15) is 9.59 Å². The average Bonchev–Trinajstić information content (AvgIpc) is 3.60. The summed E-state index contributed by atoms with van der Waals surface area (Å²) in [7, 11) is 0. The number of nitrogens with one attached hydrogen (secondary N) is 2. The van der Waals surface area contributed by atoms with Gasteiger partial charge in [0.05, 0.1) is 35.3 Å². The lowest BCUT2D eigenvalue weighted by Gasteiger charge is -2.16. The minimum Gasteiger partial charge on any atom is -0.370 e. The van der Waals surface area contributed by atoms with Crippen molar-refractivity contribution in [3.8, 4) is 16.9 Å². The molecule has 0 radical (unpaired) electrons. The smallest absolute Gasteiger partial charge is 0.263 e. The number of nitrogens with two attached hydrogens (primary N) is 1. The van der Waals surface area contributed by atoms with Gasteiger partial charge in [0.2, 0.25) is 5.91 Å². The molecule has 33 heavy (non-hydrogen) atoms. The fraction of sp³-hybridized carbons (Fsp3) is 0.261. The maximum Gasteiger partial charge on any atom is 0.263 e. The lowest BCUT2D eigenvalue weighted by Crippen LogP contribution is -2.28. The van der Waals surface area contributed by atoms with Gasteiger partial charge in [-0.1, -0.05) is 25.0 Å². The number of carbonyl (C=O) groups is 2. The van der Waals surface area contributed by atoms with Gasteiger partial charge in [-0.05, 0) is 36.6 Å². The first-order chi connectivity index (χ1) is 16.1. The first-order valence-electron chi connectivity index (χ1n) is 10.7. The first kappa shape index (κ1) is 22.4. The van der Waals surface area contributed by atoms with E-state index in [4.69, 9.17) is 5.73 Å². The van der Waals surface area contributed by atoms with E-state index in [2.05, 4.69) is 25.4 Å². The number of aromatic nitrogens is 5. The van der Waals surface area contributed by atoms with E-state index in [1.807, 2.05) is 36.5 Å². The zero-order chi connectivity index (χ0) is 23.0. The second kappa shape index (κ2) is 10.7. The molecule has 0 aliphatic rings. The van der Waals surface area contributed by atoms with Crippen LogP contribution in [0.3, 0.4) is 0 Å². The van der Waals surface area contributed by atoms with Gasteiger partial charge in [0.25, 0.3) is 5.91 Å². The van der Waals surface area contributed by atoms with Crippen LogP contribution in [0, 0.1) is 0 Å². The molecule has 0 aliphatic heterocycles. The minimum absolute atomic E-state index is 0.179. The van der Waals surface area contributed by atoms with Gasteiger partial charge in [0, 0.05) is 18.8 Å². The van der Waals surface area contributed by atoms with Gasteiger partial charge in [0.1, 0.15) is 10.7 Å². The second-order valence-electron chi connectivity index (χ2n) is 7.64. The molecule has 1 aromatic carbocycles. The van der Waals surface area contributed by atoms with Crippen LogP contribution in [0.5, 0.6) is 0 Å². The Morgan fingerprint density at radius 3 is 2.70 bits per heavy atom. The number of nitrogens with zero attached hydrogens (tertiary/aromatic N) is 4. The number of rotatable bonds is 11. The SMILES string of the molecule is NC(=O)CCCCC[C@H](NC(=O)c1cncs1)c1ncc(-c2ccc(-n3cccn3)cc2)[nH]1. The van der Waals surface area contributed by atoms with Crippen molar-refractivity contribution in [3.05, 3.63) is 71.3 Å². The summed E-state index contributed by atoms with van der Waals surface area (Å²) in [5, 5.41) is 7.31. The van der Waals surface area contributed by atoms with Crippen LogP contribution in [0.15, 0.2) is 60.6 Å². The molecule has 3 heterocycles. The van der Waals surface area contributed by atoms with Gasteiger partial charge in [0.15, 0.2) is 0 Å². The van der Waals surface area contributed by atoms with Crippen LogP contribution >= 0.6 is 11.3 Å². The van der Waals surface area contributed by atoms with Gasteiger partial charge in [-0.15, -0.1) is 11.3 Å². The number of H-pyrrole nitrogens is 1. The number of benzene rings is 1. The standard InChI is InChI=1S/C23H25N7O2S/c24-21(31)6-3-1-2-5-18(29-23(32)20-14-25-15-33-20)22-26-13-19(28-22)16-7-9-17(10-8-16)30-12-4-11-27-30/h4,7-15,18H,1-3,5-6H2,(H2,24,31)(H,26,28)(H,29,32)/t18-/m0/s1. The summed E-state index contributed by atoms with van der Waals surface area (Å²) in [6, 6.07) is 9.58. The monoisotopic (exact) mass is 463 g/mol. The largest absolute Gasteiger partial charge is 0.370 e. The lowest BCUT2D eigenvalue weighted by molar-refractivity contribution is -0.118. The van der Waals surface area contributed by atoms with Crippen LogP contribution in [-0.4, -0.2) is 36.5 Å². The van der Waals surface area contributed by atoms with Crippen molar-refractivity contribution < 1.29 is 9.59 Å². The summed E-state index contributed by atoms with van der Waals surface area (Å²) < 4.78 is 1.80.